The predicted molar refractivity (Wildman–Crippen MR) is 132 cm³/mol. The standard InChI is InChI=1S/C25H24N4O3S/c1-29(15-16-6-7-17-8-9-19(25(27)30)13-20(17)12-16)23-11-10-18(14-22(23)26)21-4-2-3-5-24(21)33(28,31)32/h2-14H,15,26H2,1H3,(H2,27,30)(H2,28,31,32). The van der Waals surface area contributed by atoms with Gasteiger partial charge in [0, 0.05) is 24.7 Å². The molecule has 0 saturated heterocycles. The smallest absolute Gasteiger partial charge is 0.248 e. The summed E-state index contributed by atoms with van der Waals surface area (Å²) in [6, 6.07) is 23.4. The molecule has 7 nitrogen and oxygen atoms in total. The first kappa shape index (κ1) is 22.3. The number of primary amides is 1. The van der Waals surface area contributed by atoms with Crippen molar-refractivity contribution < 1.29 is 13.2 Å². The highest BCUT2D eigenvalue weighted by molar-refractivity contribution is 7.89. The maximum absolute atomic E-state index is 12.0. The van der Waals surface area contributed by atoms with Gasteiger partial charge in [0.1, 0.15) is 0 Å². The molecule has 6 N–H and O–H groups in total. The van der Waals surface area contributed by atoms with Crippen LogP contribution in [0.4, 0.5) is 11.4 Å². The summed E-state index contributed by atoms with van der Waals surface area (Å²) < 4.78 is 23.9. The number of sulfonamides is 1. The molecule has 0 atom stereocenters. The summed E-state index contributed by atoms with van der Waals surface area (Å²) in [5.41, 5.74) is 15.7. The van der Waals surface area contributed by atoms with Crippen molar-refractivity contribution in [3.63, 3.8) is 0 Å². The lowest BCUT2D eigenvalue weighted by Crippen LogP contribution is -2.18. The Morgan fingerprint density at radius 2 is 1.64 bits per heavy atom. The van der Waals surface area contributed by atoms with Crippen LogP contribution in [0.2, 0.25) is 0 Å². The Labute approximate surface area is 192 Å². The fourth-order valence-corrected chi connectivity index (χ4v) is 4.69. The maximum atomic E-state index is 12.0. The van der Waals surface area contributed by atoms with Crippen LogP contribution < -0.4 is 21.5 Å². The molecule has 0 aliphatic carbocycles. The Bertz CT molecular complexity index is 1480. The van der Waals surface area contributed by atoms with Crippen LogP contribution in [0.3, 0.4) is 0 Å². The molecule has 0 fully saturated rings. The second-order valence-corrected chi connectivity index (χ2v) is 9.46. The number of nitrogens with two attached hydrogens (primary N) is 3. The molecule has 0 aliphatic heterocycles. The van der Waals surface area contributed by atoms with E-state index in [1.807, 2.05) is 48.3 Å². The molecule has 0 aliphatic rings. The number of anilines is 2. The minimum absolute atomic E-state index is 0.0528. The number of hydrogen-bond acceptors (Lipinski definition) is 5. The van der Waals surface area contributed by atoms with E-state index >= 15 is 0 Å². The number of primary sulfonamides is 1. The van der Waals surface area contributed by atoms with Gasteiger partial charge < -0.3 is 16.4 Å². The van der Waals surface area contributed by atoms with Crippen LogP contribution in [-0.2, 0) is 16.6 Å². The summed E-state index contributed by atoms with van der Waals surface area (Å²) >= 11 is 0. The van der Waals surface area contributed by atoms with Crippen molar-refractivity contribution in [2.24, 2.45) is 10.9 Å². The van der Waals surface area contributed by atoms with E-state index in [2.05, 4.69) is 0 Å². The number of nitrogens with zero attached hydrogens (tertiary/aromatic N) is 1. The van der Waals surface area contributed by atoms with Crippen LogP contribution >= 0.6 is 0 Å². The third-order valence-electron chi connectivity index (χ3n) is 5.55. The quantitative estimate of drug-likeness (QED) is 0.379. The minimum Gasteiger partial charge on any atom is -0.397 e. The molecule has 33 heavy (non-hydrogen) atoms. The molecule has 168 valence electrons. The number of carbonyl (C=O) groups is 1. The summed E-state index contributed by atoms with van der Waals surface area (Å²) in [5.74, 6) is -0.462. The number of hydrogen-bond donors (Lipinski definition) is 3. The van der Waals surface area contributed by atoms with Crippen LogP contribution in [-0.4, -0.2) is 21.4 Å². The molecule has 0 saturated carbocycles. The molecule has 0 heterocycles. The van der Waals surface area contributed by atoms with Gasteiger partial charge in [-0.05, 0) is 58.3 Å². The van der Waals surface area contributed by atoms with E-state index in [-0.39, 0.29) is 4.90 Å². The Hall–Kier alpha value is -3.88. The van der Waals surface area contributed by atoms with Crippen molar-refractivity contribution in [2.45, 2.75) is 11.4 Å². The largest absolute Gasteiger partial charge is 0.397 e. The Morgan fingerprint density at radius 1 is 0.909 bits per heavy atom. The van der Waals surface area contributed by atoms with E-state index in [1.54, 1.807) is 36.4 Å². The Balaban J connectivity index is 1.62. The van der Waals surface area contributed by atoms with Crippen LogP contribution in [0.1, 0.15) is 15.9 Å². The first-order chi connectivity index (χ1) is 15.6. The fraction of sp³-hybridized carbons (Fsp3) is 0.0800. The van der Waals surface area contributed by atoms with E-state index in [1.165, 1.54) is 6.07 Å². The van der Waals surface area contributed by atoms with Crippen molar-refractivity contribution in [3.8, 4) is 11.1 Å². The molecule has 0 unspecified atom stereocenters. The predicted octanol–water partition coefficient (Wildman–Crippen LogP) is 3.47. The SMILES string of the molecule is CN(Cc1ccc2ccc(C(N)=O)cc2c1)c1ccc(-c2ccccc2S(N)(=O)=O)cc1N. The van der Waals surface area contributed by atoms with E-state index in [9.17, 15) is 13.2 Å². The van der Waals surface area contributed by atoms with Gasteiger partial charge in [0.05, 0.1) is 16.3 Å². The van der Waals surface area contributed by atoms with Crippen LogP contribution in [0.25, 0.3) is 21.9 Å². The van der Waals surface area contributed by atoms with Gasteiger partial charge in [-0.15, -0.1) is 0 Å². The van der Waals surface area contributed by atoms with Crippen molar-refractivity contribution >= 4 is 38.1 Å². The van der Waals surface area contributed by atoms with Crippen molar-refractivity contribution in [3.05, 3.63) is 90.0 Å². The number of fused-ring (bicyclic) bond motifs is 1. The second kappa shape index (κ2) is 8.57. The highest BCUT2D eigenvalue weighted by Gasteiger charge is 2.16. The molecule has 4 rings (SSSR count). The summed E-state index contributed by atoms with van der Waals surface area (Å²) in [4.78, 5) is 13.6. The average molecular weight is 461 g/mol. The third-order valence-corrected chi connectivity index (χ3v) is 6.52. The van der Waals surface area contributed by atoms with Crippen molar-refractivity contribution in [1.29, 1.82) is 0 Å². The lowest BCUT2D eigenvalue weighted by molar-refractivity contribution is 0.100. The summed E-state index contributed by atoms with van der Waals surface area (Å²) in [7, 11) is -1.94. The zero-order chi connectivity index (χ0) is 23.8. The molecular formula is C25H24N4O3S. The van der Waals surface area contributed by atoms with Gasteiger partial charge in [-0.3, -0.25) is 4.79 Å². The zero-order valence-corrected chi connectivity index (χ0v) is 18.8. The third kappa shape index (κ3) is 4.67. The summed E-state index contributed by atoms with van der Waals surface area (Å²) in [5, 5.41) is 7.32. The average Bonchev–Trinajstić information content (AvgIpc) is 2.77. The van der Waals surface area contributed by atoms with Gasteiger partial charge >= 0.3 is 0 Å². The van der Waals surface area contributed by atoms with Gasteiger partial charge in [0.15, 0.2) is 0 Å². The maximum Gasteiger partial charge on any atom is 0.248 e. The Morgan fingerprint density at radius 3 is 2.33 bits per heavy atom. The Kier molecular flexibility index (Phi) is 5.80. The van der Waals surface area contributed by atoms with Crippen molar-refractivity contribution in [1.82, 2.24) is 0 Å². The highest BCUT2D eigenvalue weighted by atomic mass is 32.2. The molecule has 0 spiro atoms. The molecule has 4 aromatic rings. The highest BCUT2D eigenvalue weighted by Crippen LogP contribution is 2.33. The molecule has 1 amide bonds. The molecule has 4 aromatic carbocycles. The van der Waals surface area contributed by atoms with Gasteiger partial charge in [0.25, 0.3) is 0 Å². The number of nitrogen functional groups attached to an aromatic ring is 1. The summed E-state index contributed by atoms with van der Waals surface area (Å²) in [6.07, 6.45) is 0. The van der Waals surface area contributed by atoms with Crippen LogP contribution in [0.5, 0.6) is 0 Å². The van der Waals surface area contributed by atoms with E-state index in [4.69, 9.17) is 16.6 Å². The van der Waals surface area contributed by atoms with E-state index in [0.29, 0.717) is 28.9 Å². The van der Waals surface area contributed by atoms with Gasteiger partial charge in [-0.1, -0.05) is 42.5 Å². The topological polar surface area (TPSA) is 133 Å². The summed E-state index contributed by atoms with van der Waals surface area (Å²) in [6.45, 7) is 0.577. The number of amides is 1. The lowest BCUT2D eigenvalue weighted by atomic mass is 10.0. The molecule has 0 bridgehead atoms. The first-order valence-electron chi connectivity index (χ1n) is 10.2. The molecule has 8 heteroatoms. The van der Waals surface area contributed by atoms with Gasteiger partial charge in [0.2, 0.25) is 15.9 Å². The lowest BCUT2D eigenvalue weighted by Gasteiger charge is -2.22. The van der Waals surface area contributed by atoms with Crippen LogP contribution in [0, 0.1) is 0 Å². The number of carbonyl (C=O) groups excluding carboxylic acids is 1. The minimum atomic E-state index is -3.87. The zero-order valence-electron chi connectivity index (χ0n) is 18.0. The van der Waals surface area contributed by atoms with Gasteiger partial charge in [-0.25, -0.2) is 13.6 Å². The normalized spacial score (nSPS) is 11.5. The number of benzene rings is 4. The van der Waals surface area contributed by atoms with Crippen LogP contribution in [0.15, 0.2) is 83.8 Å². The fourth-order valence-electron chi connectivity index (χ4n) is 3.93. The van der Waals surface area contributed by atoms with E-state index < -0.39 is 15.9 Å². The monoisotopic (exact) mass is 460 g/mol. The number of rotatable bonds is 6. The molecular weight excluding hydrogens is 436 g/mol. The molecule has 0 radical (unpaired) electrons. The van der Waals surface area contributed by atoms with Crippen molar-refractivity contribution in [2.75, 3.05) is 17.7 Å². The molecule has 0 aromatic heterocycles. The first-order valence-corrected chi connectivity index (χ1v) is 11.7. The van der Waals surface area contributed by atoms with Gasteiger partial charge in [-0.2, -0.15) is 0 Å². The second-order valence-electron chi connectivity index (χ2n) is 7.93. The van der Waals surface area contributed by atoms with E-state index in [0.717, 1.165) is 22.0 Å².